The Morgan fingerprint density at radius 3 is 2.19 bits per heavy atom. The Bertz CT molecular complexity index is 1120. The van der Waals surface area contributed by atoms with E-state index in [9.17, 15) is 48.3 Å². The monoisotopic (exact) mass is 512 g/mol. The van der Waals surface area contributed by atoms with E-state index in [-0.39, 0.29) is 29.7 Å². The zero-order chi connectivity index (χ0) is 24.7. The first-order valence-corrected chi connectivity index (χ1v) is 10.7. The van der Waals surface area contributed by atoms with E-state index in [0.29, 0.717) is 0 Å². The van der Waals surface area contributed by atoms with Crippen LogP contribution in [0.25, 0.3) is 0 Å². The van der Waals surface area contributed by atoms with Gasteiger partial charge in [0.15, 0.2) is 9.84 Å². The first kappa shape index (κ1) is 25.8. The number of hydrogen-bond donors (Lipinski definition) is 2. The van der Waals surface area contributed by atoms with Crippen molar-refractivity contribution in [2.45, 2.75) is 36.6 Å². The Balaban J connectivity index is 2.49. The fourth-order valence-electron chi connectivity index (χ4n) is 2.32. The third-order valence-electron chi connectivity index (χ3n) is 4.02. The number of rotatable bonds is 7. The zero-order valence-corrected chi connectivity index (χ0v) is 17.2. The summed E-state index contributed by atoms with van der Waals surface area (Å²) < 4.78 is 128. The van der Waals surface area contributed by atoms with Gasteiger partial charge in [-0.15, -0.1) is 11.3 Å². The number of carboxylic acids is 1. The summed E-state index contributed by atoms with van der Waals surface area (Å²) in [4.78, 5) is 11.5. The van der Waals surface area contributed by atoms with Crippen molar-refractivity contribution < 1.29 is 53.4 Å². The van der Waals surface area contributed by atoms with Gasteiger partial charge in [0, 0.05) is 11.1 Å². The molecule has 2 heterocycles. The minimum atomic E-state index is -6.00. The quantitative estimate of drug-likeness (QED) is 0.512. The molecular weight excluding hydrogens is 500 g/mol. The van der Waals surface area contributed by atoms with Crippen LogP contribution in [0.5, 0.6) is 0 Å². The lowest BCUT2D eigenvalue weighted by Crippen LogP contribution is -2.32. The largest absolute Gasteiger partial charge is 0.478 e. The van der Waals surface area contributed by atoms with E-state index in [1.165, 1.54) is 0 Å². The molecule has 0 aliphatic rings. The molecule has 0 aliphatic carbocycles. The van der Waals surface area contributed by atoms with Crippen LogP contribution in [0.3, 0.4) is 0 Å². The maximum Gasteiger partial charge on any atom is 0.458 e. The van der Waals surface area contributed by atoms with E-state index in [2.05, 4.69) is 10.3 Å². The van der Waals surface area contributed by atoms with Gasteiger partial charge in [-0.05, 0) is 12.1 Å². The predicted octanol–water partition coefficient (Wildman–Crippen LogP) is 4.92. The highest BCUT2D eigenvalue weighted by molar-refractivity contribution is 7.91. The van der Waals surface area contributed by atoms with Gasteiger partial charge in [-0.3, -0.25) is 0 Å². The Morgan fingerprint density at radius 2 is 1.72 bits per heavy atom. The molecule has 32 heavy (non-hydrogen) atoms. The molecule has 16 heteroatoms. The SMILES string of the molecule is CCS(=O)(=O)c1cc(C(F)(F)F)cnc1NCc1sc(C(F)(F)C(F)(F)F)cc1C(=O)O. The molecule has 0 bridgehead atoms. The highest BCUT2D eigenvalue weighted by atomic mass is 32.2. The Morgan fingerprint density at radius 1 is 1.12 bits per heavy atom. The van der Waals surface area contributed by atoms with Crippen LogP contribution in [0, 0.1) is 0 Å². The summed E-state index contributed by atoms with van der Waals surface area (Å²) in [5.74, 6) is -8.49. The second kappa shape index (κ2) is 8.46. The summed E-state index contributed by atoms with van der Waals surface area (Å²) in [7, 11) is -4.29. The molecule has 0 unspecified atom stereocenters. The smallest absolute Gasteiger partial charge is 0.458 e. The maximum atomic E-state index is 13.6. The van der Waals surface area contributed by atoms with E-state index in [1.54, 1.807) is 0 Å². The normalized spacial score (nSPS) is 13.3. The highest BCUT2D eigenvalue weighted by Gasteiger charge is 2.60. The summed E-state index contributed by atoms with van der Waals surface area (Å²) in [5, 5.41) is 11.3. The fraction of sp³-hybridized carbons (Fsp3) is 0.375. The second-order valence-corrected chi connectivity index (χ2v) is 9.53. The van der Waals surface area contributed by atoms with Crippen LogP contribution in [0.15, 0.2) is 23.2 Å². The van der Waals surface area contributed by atoms with Crippen molar-refractivity contribution in [1.29, 1.82) is 0 Å². The van der Waals surface area contributed by atoms with Crippen molar-refractivity contribution in [3.8, 4) is 0 Å². The first-order valence-electron chi connectivity index (χ1n) is 8.26. The second-order valence-electron chi connectivity index (χ2n) is 6.15. The van der Waals surface area contributed by atoms with Gasteiger partial charge in [-0.25, -0.2) is 18.2 Å². The standard InChI is InChI=1S/C16H12F8N2O4S2/c1-2-32(29,30)10-3-7(15(19,20)21)5-25-12(10)26-6-9-8(13(27)28)4-11(31-9)14(17,18)16(22,23)24/h3-5H,2,6H2,1H3,(H,25,26)(H,27,28). The molecule has 178 valence electrons. The van der Waals surface area contributed by atoms with Crippen molar-refractivity contribution in [2.24, 2.45) is 0 Å². The average Bonchev–Trinajstić information content (AvgIpc) is 3.09. The molecule has 0 fully saturated rings. The fourth-order valence-corrected chi connectivity index (χ4v) is 4.45. The number of pyridine rings is 1. The number of nitrogens with zero attached hydrogens (tertiary/aromatic N) is 1. The average molecular weight is 512 g/mol. The van der Waals surface area contributed by atoms with Crippen LogP contribution in [-0.2, 0) is 28.5 Å². The molecule has 0 atom stereocenters. The summed E-state index contributed by atoms with van der Waals surface area (Å²) in [6.45, 7) is 0.331. The molecule has 2 rings (SSSR count). The number of hydrogen-bond acceptors (Lipinski definition) is 6. The molecule has 0 saturated heterocycles. The number of carboxylic acid groups (broad SMARTS) is 1. The van der Waals surface area contributed by atoms with Crippen LogP contribution < -0.4 is 5.32 Å². The molecule has 6 nitrogen and oxygen atoms in total. The van der Waals surface area contributed by atoms with Gasteiger partial charge in [0.05, 0.1) is 28.3 Å². The summed E-state index contributed by atoms with van der Waals surface area (Å²) in [6, 6.07) is 0.408. The molecular formula is C16H12F8N2O4S2. The minimum absolute atomic E-state index is 0.126. The van der Waals surface area contributed by atoms with E-state index >= 15 is 0 Å². The van der Waals surface area contributed by atoms with Crippen LogP contribution in [0.1, 0.15) is 32.6 Å². The molecule has 0 radical (unpaired) electrons. The maximum absolute atomic E-state index is 13.6. The van der Waals surface area contributed by atoms with Gasteiger partial charge in [-0.2, -0.15) is 35.1 Å². The molecule has 0 saturated carbocycles. The van der Waals surface area contributed by atoms with Crippen LogP contribution in [0.4, 0.5) is 40.9 Å². The molecule has 0 aromatic carbocycles. The summed E-state index contributed by atoms with van der Waals surface area (Å²) in [5.41, 5.74) is -2.32. The van der Waals surface area contributed by atoms with Crippen molar-refractivity contribution in [3.63, 3.8) is 0 Å². The molecule has 0 spiro atoms. The lowest BCUT2D eigenvalue weighted by Gasteiger charge is -2.17. The van der Waals surface area contributed by atoms with Gasteiger partial charge in [0.1, 0.15) is 10.7 Å². The highest BCUT2D eigenvalue weighted by Crippen LogP contribution is 2.47. The summed E-state index contributed by atoms with van der Waals surface area (Å²) >= 11 is -0.203. The van der Waals surface area contributed by atoms with Gasteiger partial charge in [-0.1, -0.05) is 6.92 Å². The molecule has 0 amide bonds. The van der Waals surface area contributed by atoms with Gasteiger partial charge in [0.2, 0.25) is 0 Å². The third kappa shape index (κ3) is 5.11. The van der Waals surface area contributed by atoms with Crippen LogP contribution >= 0.6 is 11.3 Å². The number of aromatic nitrogens is 1. The third-order valence-corrected chi connectivity index (χ3v) is 6.96. The number of sulfone groups is 1. The number of alkyl halides is 8. The first-order chi connectivity index (χ1) is 14.4. The number of thiophene rings is 1. The van der Waals surface area contributed by atoms with E-state index in [4.69, 9.17) is 5.11 Å². The summed E-state index contributed by atoms with van der Waals surface area (Å²) in [6.07, 6.45) is -10.7. The van der Waals surface area contributed by atoms with Crippen LogP contribution in [-0.4, -0.2) is 36.4 Å². The van der Waals surface area contributed by atoms with Crippen molar-refractivity contribution >= 4 is 33.0 Å². The lowest BCUT2D eigenvalue weighted by molar-refractivity contribution is -0.287. The number of aromatic carboxylic acids is 1. The minimum Gasteiger partial charge on any atom is -0.478 e. The molecule has 2 aromatic rings. The molecule has 2 N–H and O–H groups in total. The Labute approximate surface area is 178 Å². The van der Waals surface area contributed by atoms with Crippen molar-refractivity contribution in [3.05, 3.63) is 39.2 Å². The van der Waals surface area contributed by atoms with Crippen molar-refractivity contribution in [2.75, 3.05) is 11.1 Å². The Kier molecular flexibility index (Phi) is 6.81. The lowest BCUT2D eigenvalue weighted by atomic mass is 10.2. The topological polar surface area (TPSA) is 96.4 Å². The number of anilines is 1. The molecule has 0 aliphatic heterocycles. The van der Waals surface area contributed by atoms with E-state index in [1.807, 2.05) is 0 Å². The van der Waals surface area contributed by atoms with Gasteiger partial charge in [0.25, 0.3) is 0 Å². The number of carbonyl (C=O) groups is 1. The molecule has 2 aromatic heterocycles. The Hall–Kier alpha value is -2.49. The van der Waals surface area contributed by atoms with Crippen LogP contribution in [0.2, 0.25) is 0 Å². The zero-order valence-electron chi connectivity index (χ0n) is 15.6. The number of nitrogens with one attached hydrogen (secondary N) is 1. The predicted molar refractivity (Wildman–Crippen MR) is 95.5 cm³/mol. The number of halogens is 8. The van der Waals surface area contributed by atoms with Gasteiger partial charge >= 0.3 is 24.2 Å². The van der Waals surface area contributed by atoms with E-state index < -0.39 is 78.0 Å². The van der Waals surface area contributed by atoms with Gasteiger partial charge < -0.3 is 10.4 Å². The van der Waals surface area contributed by atoms with E-state index in [0.717, 1.165) is 6.92 Å². The van der Waals surface area contributed by atoms with Crippen molar-refractivity contribution in [1.82, 2.24) is 4.98 Å².